The number of rotatable bonds is 7. The lowest BCUT2D eigenvalue weighted by atomic mass is 10.2. The van der Waals surface area contributed by atoms with Gasteiger partial charge in [-0.2, -0.15) is 0 Å². The van der Waals surface area contributed by atoms with Crippen LogP contribution in [-0.4, -0.2) is 37.7 Å². The topological polar surface area (TPSA) is 63.5 Å². The molecule has 152 valence electrons. The van der Waals surface area contributed by atoms with E-state index in [1.165, 1.54) is 12.1 Å². The quantitative estimate of drug-likeness (QED) is 0.376. The van der Waals surface area contributed by atoms with Crippen molar-refractivity contribution in [2.45, 2.75) is 20.8 Å². The summed E-state index contributed by atoms with van der Waals surface area (Å²) in [7, 11) is 1.69. The van der Waals surface area contributed by atoms with E-state index in [1.54, 1.807) is 13.1 Å². The average Bonchev–Trinajstić information content (AvgIpc) is 2.66. The van der Waals surface area contributed by atoms with Gasteiger partial charge in [0.15, 0.2) is 0 Å². The predicted molar refractivity (Wildman–Crippen MR) is 120 cm³/mol. The Morgan fingerprint density at radius 1 is 1.14 bits per heavy atom. The molecule has 0 aromatic heterocycles. The second-order valence-electron chi connectivity index (χ2n) is 5.81. The first-order valence-electron chi connectivity index (χ1n) is 8.82. The second kappa shape index (κ2) is 12.2. The van der Waals surface area contributed by atoms with Crippen molar-refractivity contribution in [3.8, 4) is 0 Å². The molecule has 0 amide bonds. The molecule has 0 atom stereocenters. The summed E-state index contributed by atoms with van der Waals surface area (Å²) in [5, 5.41) is 12.7. The third-order valence-corrected chi connectivity index (χ3v) is 4.43. The molecule has 0 aliphatic heterocycles. The summed E-state index contributed by atoms with van der Waals surface area (Å²) < 4.78 is 13.5. The molecular formula is C20H26Cl2FN5. The number of nitrogens with zero attached hydrogens (tertiary/aromatic N) is 2. The van der Waals surface area contributed by atoms with E-state index in [2.05, 4.69) is 34.4 Å². The zero-order chi connectivity index (χ0) is 21.1. The van der Waals surface area contributed by atoms with Gasteiger partial charge in [-0.05, 0) is 56.7 Å². The summed E-state index contributed by atoms with van der Waals surface area (Å²) in [6.07, 6.45) is 2.94. The van der Waals surface area contributed by atoms with Gasteiger partial charge in [0.05, 0.1) is 29.1 Å². The molecule has 2 aromatic carbocycles. The lowest BCUT2D eigenvalue weighted by Crippen LogP contribution is -2.20. The van der Waals surface area contributed by atoms with Gasteiger partial charge in [0, 0.05) is 30.8 Å². The van der Waals surface area contributed by atoms with Gasteiger partial charge < -0.3 is 15.5 Å². The number of halogens is 3. The molecule has 3 N–H and O–H groups in total. The van der Waals surface area contributed by atoms with Crippen LogP contribution in [0, 0.1) is 18.2 Å². The van der Waals surface area contributed by atoms with Crippen molar-refractivity contribution < 1.29 is 4.39 Å². The molecule has 0 radical (unpaired) electrons. The summed E-state index contributed by atoms with van der Waals surface area (Å²) in [4.78, 5) is 6.58. The van der Waals surface area contributed by atoms with Crippen LogP contribution >= 0.6 is 23.2 Å². The first kappa shape index (κ1) is 23.7. The van der Waals surface area contributed by atoms with Crippen molar-refractivity contribution in [3.05, 3.63) is 51.8 Å². The first-order valence-corrected chi connectivity index (χ1v) is 9.57. The van der Waals surface area contributed by atoms with Gasteiger partial charge in [0.2, 0.25) is 0 Å². The van der Waals surface area contributed by atoms with Crippen LogP contribution in [0.2, 0.25) is 10.0 Å². The van der Waals surface area contributed by atoms with E-state index in [0.717, 1.165) is 30.7 Å². The number of aryl methyl sites for hydroxylation is 1. The Hall–Kier alpha value is -2.31. The molecule has 8 heteroatoms. The molecule has 5 nitrogen and oxygen atoms in total. The minimum absolute atomic E-state index is 0.320. The van der Waals surface area contributed by atoms with Gasteiger partial charge in [-0.15, -0.1) is 0 Å². The third kappa shape index (κ3) is 7.74. The summed E-state index contributed by atoms with van der Waals surface area (Å²) in [6.45, 7) is 7.83. The highest BCUT2D eigenvalue weighted by Crippen LogP contribution is 2.33. The maximum absolute atomic E-state index is 13.5. The fraction of sp³-hybridized carbons (Fsp3) is 0.300. The molecule has 0 aliphatic carbocycles. The predicted octanol–water partition coefficient (Wildman–Crippen LogP) is 6.00. The van der Waals surface area contributed by atoms with Crippen molar-refractivity contribution >= 4 is 52.9 Å². The monoisotopic (exact) mass is 425 g/mol. The Kier molecular flexibility index (Phi) is 10.3. The number of anilines is 2. The molecule has 0 fully saturated rings. The van der Waals surface area contributed by atoms with Crippen LogP contribution < -0.4 is 10.6 Å². The van der Waals surface area contributed by atoms with Gasteiger partial charge in [0.25, 0.3) is 0 Å². The number of hydrogen-bond donors (Lipinski definition) is 3. The zero-order valence-corrected chi connectivity index (χ0v) is 18.0. The number of benzene rings is 2. The molecule has 28 heavy (non-hydrogen) atoms. The number of aliphatic imine (C=N–C) groups is 1. The van der Waals surface area contributed by atoms with E-state index >= 15 is 0 Å². The van der Waals surface area contributed by atoms with Crippen molar-refractivity contribution in [3.63, 3.8) is 0 Å². The molecule has 0 spiro atoms. The molecular weight excluding hydrogens is 400 g/mol. The second-order valence-corrected chi connectivity index (χ2v) is 6.62. The summed E-state index contributed by atoms with van der Waals surface area (Å²) in [5.74, 6) is -0.409. The number of hydrogen-bond acceptors (Lipinski definition) is 3. The Balaban J connectivity index is 0.000000892. The highest BCUT2D eigenvalue weighted by Gasteiger charge is 2.08. The lowest BCUT2D eigenvalue weighted by molar-refractivity contribution is 0.480. The van der Waals surface area contributed by atoms with Crippen molar-refractivity contribution in [1.82, 2.24) is 10.2 Å². The SMILES string of the molecule is CCN(C=Nc1cc(C)c(Cl)c(Nc2cc(F)cc(Cl)c2)c1)CC.CNC=N. The van der Waals surface area contributed by atoms with Crippen LogP contribution in [0.3, 0.4) is 0 Å². The molecule has 0 saturated heterocycles. The largest absolute Gasteiger partial charge is 0.380 e. The fourth-order valence-electron chi connectivity index (χ4n) is 2.23. The molecule has 0 bridgehead atoms. The smallest absolute Gasteiger partial charge is 0.126 e. The summed E-state index contributed by atoms with van der Waals surface area (Å²) in [6, 6.07) is 8.00. The van der Waals surface area contributed by atoms with Crippen LogP contribution in [0.1, 0.15) is 19.4 Å². The van der Waals surface area contributed by atoms with Gasteiger partial charge in [0.1, 0.15) is 5.82 Å². The van der Waals surface area contributed by atoms with E-state index in [9.17, 15) is 4.39 Å². The van der Waals surface area contributed by atoms with E-state index < -0.39 is 5.82 Å². The highest BCUT2D eigenvalue weighted by molar-refractivity contribution is 6.34. The molecule has 2 rings (SSSR count). The third-order valence-electron chi connectivity index (χ3n) is 3.71. The van der Waals surface area contributed by atoms with E-state index in [-0.39, 0.29) is 0 Å². The Labute approximate surface area is 176 Å². The van der Waals surface area contributed by atoms with Crippen molar-refractivity contribution in [1.29, 1.82) is 5.41 Å². The van der Waals surface area contributed by atoms with Gasteiger partial charge in [-0.3, -0.25) is 5.41 Å². The van der Waals surface area contributed by atoms with Crippen LogP contribution in [-0.2, 0) is 0 Å². The van der Waals surface area contributed by atoms with E-state index in [4.69, 9.17) is 28.6 Å². The molecule has 2 aromatic rings. The fourth-order valence-corrected chi connectivity index (χ4v) is 2.61. The van der Waals surface area contributed by atoms with Crippen LogP contribution in [0.4, 0.5) is 21.5 Å². The van der Waals surface area contributed by atoms with Crippen LogP contribution in [0.15, 0.2) is 35.3 Å². The van der Waals surface area contributed by atoms with Gasteiger partial charge >= 0.3 is 0 Å². The van der Waals surface area contributed by atoms with E-state index in [0.29, 0.717) is 21.4 Å². The first-order chi connectivity index (χ1) is 13.3. The van der Waals surface area contributed by atoms with Crippen LogP contribution in [0.25, 0.3) is 0 Å². The minimum atomic E-state index is -0.409. The maximum Gasteiger partial charge on any atom is 0.126 e. The Bertz CT molecular complexity index is 787. The Morgan fingerprint density at radius 2 is 1.79 bits per heavy atom. The Morgan fingerprint density at radius 3 is 2.32 bits per heavy atom. The van der Waals surface area contributed by atoms with Crippen LogP contribution in [0.5, 0.6) is 0 Å². The van der Waals surface area contributed by atoms with Crippen molar-refractivity contribution in [2.75, 3.05) is 25.5 Å². The molecule has 0 aliphatic rings. The summed E-state index contributed by atoms with van der Waals surface area (Å²) in [5.41, 5.74) is 2.85. The highest BCUT2D eigenvalue weighted by atomic mass is 35.5. The minimum Gasteiger partial charge on any atom is -0.380 e. The molecule has 0 heterocycles. The van der Waals surface area contributed by atoms with E-state index in [1.807, 2.05) is 25.4 Å². The standard InChI is InChI=1S/C18H20Cl2FN3.C2H6N2/c1-4-24(5-2)11-22-15-6-12(3)18(20)17(10-15)23-16-8-13(19)7-14(21)9-16;1-4-2-3/h6-11,23H,4-5H2,1-3H3;2H,1H3,(H2,3,4). The molecule has 0 unspecified atom stereocenters. The normalized spacial score (nSPS) is 10.2. The lowest BCUT2D eigenvalue weighted by Gasteiger charge is -2.15. The summed E-state index contributed by atoms with van der Waals surface area (Å²) >= 11 is 12.3. The maximum atomic E-state index is 13.5. The average molecular weight is 426 g/mol. The zero-order valence-electron chi connectivity index (χ0n) is 16.5. The number of nitrogens with one attached hydrogen (secondary N) is 3. The molecule has 0 saturated carbocycles. The van der Waals surface area contributed by atoms with Gasteiger partial charge in [-0.1, -0.05) is 23.2 Å². The van der Waals surface area contributed by atoms with Gasteiger partial charge in [-0.25, -0.2) is 9.38 Å². The van der Waals surface area contributed by atoms with Crippen molar-refractivity contribution in [2.24, 2.45) is 4.99 Å².